The van der Waals surface area contributed by atoms with Crippen molar-refractivity contribution in [1.29, 1.82) is 0 Å². The Labute approximate surface area is 132 Å². The summed E-state index contributed by atoms with van der Waals surface area (Å²) < 4.78 is 111. The van der Waals surface area contributed by atoms with Crippen LogP contribution in [0, 0.1) is 10.3 Å². The average Bonchev–Trinajstić information content (AvgIpc) is 3.05. The molecule has 0 aliphatic heterocycles. The summed E-state index contributed by atoms with van der Waals surface area (Å²) in [7, 11) is 0. The minimum absolute atomic E-state index is 0.315. The third-order valence-electron chi connectivity index (χ3n) is 3.91. The number of hydrogen-bond donors (Lipinski definition) is 0. The van der Waals surface area contributed by atoms with Crippen molar-refractivity contribution in [3.05, 3.63) is 44.3 Å². The van der Waals surface area contributed by atoms with Crippen molar-refractivity contribution in [2.24, 2.45) is 0 Å². The summed E-state index contributed by atoms with van der Waals surface area (Å²) >= 11 is 0.630. The van der Waals surface area contributed by atoms with Crippen LogP contribution in [0.3, 0.4) is 0 Å². The SMILES string of the molecule is Fc1sccc1C1C(c2ccsc2F)C(F)(F)C(F)(F)C1(F)F. The molecule has 10 heteroatoms. The van der Waals surface area contributed by atoms with Crippen LogP contribution in [0.2, 0.25) is 0 Å². The number of hydrogen-bond acceptors (Lipinski definition) is 2. The largest absolute Gasteiger partial charge is 0.373 e. The molecule has 126 valence electrons. The van der Waals surface area contributed by atoms with Crippen LogP contribution >= 0.6 is 22.7 Å². The molecule has 1 aliphatic carbocycles. The van der Waals surface area contributed by atoms with Crippen LogP contribution in [0.5, 0.6) is 0 Å². The lowest BCUT2D eigenvalue weighted by molar-refractivity contribution is -0.275. The van der Waals surface area contributed by atoms with Gasteiger partial charge >= 0.3 is 17.8 Å². The summed E-state index contributed by atoms with van der Waals surface area (Å²) in [5, 5.41) is -0.583. The molecule has 0 N–H and O–H groups in total. The molecule has 2 aromatic rings. The summed E-state index contributed by atoms with van der Waals surface area (Å²) in [5.74, 6) is -22.0. The van der Waals surface area contributed by atoms with E-state index >= 15 is 0 Å². The molecule has 2 unspecified atom stereocenters. The van der Waals surface area contributed by atoms with E-state index in [9.17, 15) is 35.1 Å². The second kappa shape index (κ2) is 4.92. The van der Waals surface area contributed by atoms with E-state index in [1.807, 2.05) is 0 Å². The van der Waals surface area contributed by atoms with Crippen LogP contribution in [0.15, 0.2) is 22.9 Å². The van der Waals surface area contributed by atoms with Crippen LogP contribution < -0.4 is 0 Å². The molecule has 2 heterocycles. The van der Waals surface area contributed by atoms with Crippen molar-refractivity contribution < 1.29 is 35.1 Å². The summed E-state index contributed by atoms with van der Waals surface area (Å²) in [6.07, 6.45) is 0. The highest BCUT2D eigenvalue weighted by Gasteiger charge is 2.85. The molecule has 0 amide bonds. The van der Waals surface area contributed by atoms with Crippen LogP contribution in [-0.4, -0.2) is 17.8 Å². The highest BCUT2D eigenvalue weighted by molar-refractivity contribution is 7.08. The summed E-state index contributed by atoms with van der Waals surface area (Å²) in [5.41, 5.74) is -1.93. The van der Waals surface area contributed by atoms with E-state index in [0.29, 0.717) is 22.7 Å². The van der Waals surface area contributed by atoms with Crippen molar-refractivity contribution >= 4 is 22.7 Å². The fourth-order valence-electron chi connectivity index (χ4n) is 2.83. The molecule has 0 saturated heterocycles. The van der Waals surface area contributed by atoms with E-state index in [0.717, 1.165) is 22.9 Å². The lowest BCUT2D eigenvalue weighted by atomic mass is 9.83. The summed E-state index contributed by atoms with van der Waals surface area (Å²) in [4.78, 5) is 0. The molecule has 0 aromatic carbocycles. The maximum Gasteiger partial charge on any atom is 0.373 e. The maximum absolute atomic E-state index is 14.1. The fraction of sp³-hybridized carbons (Fsp3) is 0.385. The second-order valence-electron chi connectivity index (χ2n) is 5.07. The van der Waals surface area contributed by atoms with Gasteiger partial charge in [0.2, 0.25) is 0 Å². The molecule has 0 nitrogen and oxygen atoms in total. The molecule has 2 atom stereocenters. The number of alkyl halides is 6. The predicted molar refractivity (Wildman–Crippen MR) is 68.9 cm³/mol. The Morgan fingerprint density at radius 2 is 1.04 bits per heavy atom. The molecule has 0 bridgehead atoms. The fourth-order valence-corrected chi connectivity index (χ4v) is 4.16. The van der Waals surface area contributed by atoms with Gasteiger partial charge in [0, 0.05) is 11.1 Å². The monoisotopic (exact) mass is 378 g/mol. The molecule has 23 heavy (non-hydrogen) atoms. The molecule has 2 aromatic heterocycles. The first kappa shape index (κ1) is 16.7. The molecule has 0 radical (unpaired) electrons. The van der Waals surface area contributed by atoms with Gasteiger partial charge in [-0.25, -0.2) is 0 Å². The van der Waals surface area contributed by atoms with E-state index in [2.05, 4.69) is 0 Å². The average molecular weight is 378 g/mol. The first-order valence-electron chi connectivity index (χ1n) is 6.12. The second-order valence-corrected chi connectivity index (χ2v) is 6.81. The quantitative estimate of drug-likeness (QED) is 0.573. The van der Waals surface area contributed by atoms with Crippen molar-refractivity contribution in [1.82, 2.24) is 0 Å². The highest BCUT2D eigenvalue weighted by atomic mass is 32.1. The number of halogens is 8. The Bertz CT molecular complexity index is 672. The zero-order valence-corrected chi connectivity index (χ0v) is 12.4. The Morgan fingerprint density at radius 3 is 1.30 bits per heavy atom. The van der Waals surface area contributed by atoms with Crippen molar-refractivity contribution in [2.75, 3.05) is 0 Å². The topological polar surface area (TPSA) is 0 Å². The van der Waals surface area contributed by atoms with Crippen LogP contribution in [0.25, 0.3) is 0 Å². The van der Waals surface area contributed by atoms with Gasteiger partial charge in [-0.2, -0.15) is 35.1 Å². The molecule has 0 spiro atoms. The van der Waals surface area contributed by atoms with Crippen molar-refractivity contribution in [2.45, 2.75) is 29.6 Å². The van der Waals surface area contributed by atoms with Gasteiger partial charge in [0.25, 0.3) is 0 Å². The lowest BCUT2D eigenvalue weighted by Crippen LogP contribution is -2.48. The molecular weight excluding hydrogens is 372 g/mol. The Morgan fingerprint density at radius 1 is 0.696 bits per heavy atom. The van der Waals surface area contributed by atoms with E-state index < -0.39 is 51.0 Å². The van der Waals surface area contributed by atoms with E-state index in [4.69, 9.17) is 0 Å². The highest BCUT2D eigenvalue weighted by Crippen LogP contribution is 2.69. The van der Waals surface area contributed by atoms with Crippen LogP contribution in [-0.2, 0) is 0 Å². The van der Waals surface area contributed by atoms with E-state index in [1.165, 1.54) is 0 Å². The minimum atomic E-state index is -5.74. The minimum Gasteiger partial charge on any atom is -0.199 e. The van der Waals surface area contributed by atoms with Crippen molar-refractivity contribution in [3.63, 3.8) is 0 Å². The Kier molecular flexibility index (Phi) is 3.57. The number of thiophene rings is 2. The standard InChI is InChI=1S/C13H6F8S2/c14-9-5(1-3-22-9)7-8(6-2-4-23-10(6)15)12(18,19)13(20,21)11(7,16)17/h1-4,7-8H. The maximum atomic E-state index is 14.1. The van der Waals surface area contributed by atoms with E-state index in [-0.39, 0.29) is 0 Å². The Balaban J connectivity index is 2.29. The molecule has 1 aliphatic rings. The number of rotatable bonds is 2. The smallest absolute Gasteiger partial charge is 0.199 e. The van der Waals surface area contributed by atoms with E-state index in [1.54, 1.807) is 0 Å². The third-order valence-corrected chi connectivity index (χ3v) is 5.34. The molecule has 1 saturated carbocycles. The van der Waals surface area contributed by atoms with Gasteiger partial charge in [-0.15, -0.1) is 22.7 Å². The molecule has 3 rings (SSSR count). The van der Waals surface area contributed by atoms with Gasteiger partial charge < -0.3 is 0 Å². The van der Waals surface area contributed by atoms with Gasteiger partial charge in [0.05, 0.1) is 11.8 Å². The van der Waals surface area contributed by atoms with Gasteiger partial charge in [-0.3, -0.25) is 0 Å². The predicted octanol–water partition coefficient (Wildman–Crippen LogP) is 5.87. The zero-order chi connectivity index (χ0) is 17.2. The van der Waals surface area contributed by atoms with Gasteiger partial charge in [0.1, 0.15) is 0 Å². The Hall–Kier alpha value is -1.16. The van der Waals surface area contributed by atoms with Gasteiger partial charge in [-0.05, 0) is 22.9 Å². The first-order valence-corrected chi connectivity index (χ1v) is 7.88. The summed E-state index contributed by atoms with van der Waals surface area (Å²) in [6, 6.07) is 1.49. The first-order chi connectivity index (χ1) is 10.5. The zero-order valence-electron chi connectivity index (χ0n) is 10.8. The van der Waals surface area contributed by atoms with Gasteiger partial charge in [0.15, 0.2) is 10.3 Å². The molecular formula is C13H6F8S2. The normalized spacial score (nSPS) is 28.2. The third kappa shape index (κ3) is 2.00. The lowest BCUT2D eigenvalue weighted by Gasteiger charge is -2.24. The van der Waals surface area contributed by atoms with Crippen LogP contribution in [0.4, 0.5) is 35.1 Å². The summed E-state index contributed by atoms with van der Waals surface area (Å²) in [6.45, 7) is 0. The van der Waals surface area contributed by atoms with Crippen LogP contribution in [0.1, 0.15) is 23.0 Å². The molecule has 1 fully saturated rings. The van der Waals surface area contributed by atoms with Crippen molar-refractivity contribution in [3.8, 4) is 0 Å². The van der Waals surface area contributed by atoms with Gasteiger partial charge in [-0.1, -0.05) is 0 Å².